The Morgan fingerprint density at radius 3 is 2.88 bits per heavy atom. The molecule has 0 aromatic heterocycles. The highest BCUT2D eigenvalue weighted by molar-refractivity contribution is 8.11. The molecule has 0 amide bonds. The van der Waals surface area contributed by atoms with Crippen molar-refractivity contribution in [3.63, 3.8) is 0 Å². The molecule has 1 atom stereocenters. The first-order valence-corrected chi connectivity index (χ1v) is 7.29. The van der Waals surface area contributed by atoms with Gasteiger partial charge in [-0.1, -0.05) is 42.5 Å². The Morgan fingerprint density at radius 2 is 2.19 bits per heavy atom. The van der Waals surface area contributed by atoms with Crippen LogP contribution in [0.2, 0.25) is 0 Å². The average molecular weight is 269 g/mol. The fourth-order valence-corrected chi connectivity index (χ4v) is 3.50. The summed E-state index contributed by atoms with van der Waals surface area (Å²) >= 11 is 11.4. The van der Waals surface area contributed by atoms with Gasteiger partial charge in [0.05, 0.1) is 0 Å². The number of benzene rings is 1. The van der Waals surface area contributed by atoms with Crippen LogP contribution in [-0.2, 0) is 6.42 Å². The van der Waals surface area contributed by atoms with Gasteiger partial charge in [-0.3, -0.25) is 0 Å². The van der Waals surface area contributed by atoms with Crippen molar-refractivity contribution >= 4 is 40.9 Å². The third kappa shape index (κ3) is 3.40. The molecule has 0 spiro atoms. The number of thiol groups is 1. The maximum absolute atomic E-state index is 5.11. The van der Waals surface area contributed by atoms with Crippen LogP contribution in [0, 0.1) is 0 Å². The van der Waals surface area contributed by atoms with Crippen molar-refractivity contribution < 1.29 is 0 Å². The molecule has 86 valence electrons. The highest BCUT2D eigenvalue weighted by atomic mass is 32.2. The lowest BCUT2D eigenvalue weighted by molar-refractivity contribution is 0.441. The van der Waals surface area contributed by atoms with Gasteiger partial charge < -0.3 is 4.90 Å². The van der Waals surface area contributed by atoms with Crippen LogP contribution in [0.1, 0.15) is 5.56 Å². The summed E-state index contributed by atoms with van der Waals surface area (Å²) in [4.78, 5) is 2.20. The summed E-state index contributed by atoms with van der Waals surface area (Å²) in [6.07, 6.45) is 1.12. The van der Waals surface area contributed by atoms with Crippen molar-refractivity contribution in [3.8, 4) is 0 Å². The van der Waals surface area contributed by atoms with Gasteiger partial charge in [-0.2, -0.15) is 11.8 Å². The molecule has 4 heteroatoms. The summed E-state index contributed by atoms with van der Waals surface area (Å²) in [5.74, 6) is 1.15. The number of hydrogen-bond acceptors (Lipinski definition) is 2. The van der Waals surface area contributed by atoms with Crippen LogP contribution in [-0.4, -0.2) is 33.3 Å². The summed E-state index contributed by atoms with van der Waals surface area (Å²) < 4.78 is 0.735. The van der Waals surface area contributed by atoms with Gasteiger partial charge in [-0.15, -0.1) is 12.6 Å². The van der Waals surface area contributed by atoms with E-state index in [0.717, 1.165) is 29.6 Å². The van der Waals surface area contributed by atoms with E-state index in [1.54, 1.807) is 0 Å². The van der Waals surface area contributed by atoms with E-state index in [-0.39, 0.29) is 0 Å². The van der Waals surface area contributed by atoms with E-state index >= 15 is 0 Å². The van der Waals surface area contributed by atoms with Crippen LogP contribution in [0.15, 0.2) is 30.3 Å². The molecule has 1 aromatic carbocycles. The standard InChI is InChI=1S/C12H15NS3/c14-12(15)13-6-7-16-11(9-13)8-10-4-2-1-3-5-10/h1-5,11H,6-9H2,(H,14,15). The third-order valence-corrected chi connectivity index (χ3v) is 4.46. The van der Waals surface area contributed by atoms with Crippen LogP contribution >= 0.6 is 36.6 Å². The second-order valence-corrected chi connectivity index (χ2v) is 6.43. The lowest BCUT2D eigenvalue weighted by Crippen LogP contribution is -2.40. The van der Waals surface area contributed by atoms with Crippen LogP contribution in [0.4, 0.5) is 0 Å². The first-order chi connectivity index (χ1) is 7.75. The topological polar surface area (TPSA) is 3.24 Å². The van der Waals surface area contributed by atoms with E-state index in [4.69, 9.17) is 12.2 Å². The first kappa shape index (κ1) is 12.3. The zero-order valence-electron chi connectivity index (χ0n) is 9.00. The van der Waals surface area contributed by atoms with Crippen LogP contribution in [0.3, 0.4) is 0 Å². The predicted octanol–water partition coefficient (Wildman–Crippen LogP) is 2.86. The fourth-order valence-electron chi connectivity index (χ4n) is 1.89. The van der Waals surface area contributed by atoms with Gasteiger partial charge in [-0.05, 0) is 12.0 Å². The van der Waals surface area contributed by atoms with Crippen molar-refractivity contribution in [2.75, 3.05) is 18.8 Å². The Morgan fingerprint density at radius 1 is 1.44 bits per heavy atom. The number of rotatable bonds is 2. The van der Waals surface area contributed by atoms with Crippen molar-refractivity contribution in [1.29, 1.82) is 0 Å². The molecule has 0 aliphatic carbocycles. The Labute approximate surface area is 112 Å². The molecule has 16 heavy (non-hydrogen) atoms. The maximum Gasteiger partial charge on any atom is 0.133 e. The largest absolute Gasteiger partial charge is 0.356 e. The monoisotopic (exact) mass is 269 g/mol. The van der Waals surface area contributed by atoms with Crippen molar-refractivity contribution in [2.24, 2.45) is 0 Å². The van der Waals surface area contributed by atoms with Crippen LogP contribution < -0.4 is 0 Å². The molecule has 0 bridgehead atoms. The highest BCUT2D eigenvalue weighted by Crippen LogP contribution is 2.23. The molecule has 1 unspecified atom stereocenters. The molecule has 2 rings (SSSR count). The van der Waals surface area contributed by atoms with Crippen LogP contribution in [0.5, 0.6) is 0 Å². The Hall–Kier alpha value is -0.190. The van der Waals surface area contributed by atoms with Gasteiger partial charge >= 0.3 is 0 Å². The molecule has 0 N–H and O–H groups in total. The number of hydrogen-bond donors (Lipinski definition) is 1. The van der Waals surface area contributed by atoms with E-state index in [1.165, 1.54) is 5.56 Å². The second-order valence-electron chi connectivity index (χ2n) is 3.91. The Bertz CT molecular complexity index is 353. The Kier molecular flexibility index (Phi) is 4.55. The second kappa shape index (κ2) is 5.94. The molecule has 1 aromatic rings. The zero-order valence-corrected chi connectivity index (χ0v) is 11.5. The summed E-state index contributed by atoms with van der Waals surface area (Å²) in [5, 5.41) is 0.640. The molecular formula is C12H15NS3. The van der Waals surface area contributed by atoms with E-state index in [2.05, 4.69) is 47.9 Å². The molecule has 1 fully saturated rings. The molecule has 1 nitrogen and oxygen atoms in total. The van der Waals surface area contributed by atoms with Crippen molar-refractivity contribution in [1.82, 2.24) is 4.90 Å². The van der Waals surface area contributed by atoms with E-state index in [9.17, 15) is 0 Å². The van der Waals surface area contributed by atoms with Gasteiger partial charge in [0.25, 0.3) is 0 Å². The smallest absolute Gasteiger partial charge is 0.133 e. The summed E-state index contributed by atoms with van der Waals surface area (Å²) in [6.45, 7) is 2.07. The normalized spacial score (nSPS) is 20.8. The minimum Gasteiger partial charge on any atom is -0.356 e. The predicted molar refractivity (Wildman–Crippen MR) is 79.5 cm³/mol. The Balaban J connectivity index is 1.93. The van der Waals surface area contributed by atoms with Gasteiger partial charge in [0.1, 0.15) is 4.32 Å². The van der Waals surface area contributed by atoms with E-state index in [1.807, 2.05) is 11.8 Å². The minimum absolute atomic E-state index is 0.640. The molecule has 0 saturated carbocycles. The number of thioether (sulfide) groups is 1. The quantitative estimate of drug-likeness (QED) is 0.650. The molecule has 1 saturated heterocycles. The lowest BCUT2D eigenvalue weighted by atomic mass is 10.1. The van der Waals surface area contributed by atoms with Crippen molar-refractivity contribution in [3.05, 3.63) is 35.9 Å². The number of thiocarbonyl (C=S) groups is 1. The summed E-state index contributed by atoms with van der Waals surface area (Å²) in [5.41, 5.74) is 1.41. The fraction of sp³-hybridized carbons (Fsp3) is 0.417. The van der Waals surface area contributed by atoms with Gasteiger partial charge in [0, 0.05) is 24.1 Å². The van der Waals surface area contributed by atoms with E-state index < -0.39 is 0 Å². The molecule has 1 aliphatic rings. The van der Waals surface area contributed by atoms with Crippen LogP contribution in [0.25, 0.3) is 0 Å². The lowest BCUT2D eigenvalue weighted by Gasteiger charge is -2.32. The number of nitrogens with zero attached hydrogens (tertiary/aromatic N) is 1. The minimum atomic E-state index is 0.640. The maximum atomic E-state index is 5.11. The highest BCUT2D eigenvalue weighted by Gasteiger charge is 2.20. The molecule has 1 heterocycles. The van der Waals surface area contributed by atoms with Crippen molar-refractivity contribution in [2.45, 2.75) is 11.7 Å². The average Bonchev–Trinajstić information content (AvgIpc) is 2.30. The summed E-state index contributed by atoms with van der Waals surface area (Å²) in [6, 6.07) is 10.7. The first-order valence-electron chi connectivity index (χ1n) is 5.39. The van der Waals surface area contributed by atoms with Gasteiger partial charge in [-0.25, -0.2) is 0 Å². The molecular weight excluding hydrogens is 254 g/mol. The molecule has 1 aliphatic heterocycles. The molecule has 0 radical (unpaired) electrons. The van der Waals surface area contributed by atoms with E-state index in [0.29, 0.717) is 5.25 Å². The van der Waals surface area contributed by atoms with Gasteiger partial charge in [0.15, 0.2) is 0 Å². The van der Waals surface area contributed by atoms with Gasteiger partial charge in [0.2, 0.25) is 0 Å². The zero-order chi connectivity index (χ0) is 11.4. The third-order valence-electron chi connectivity index (χ3n) is 2.72. The SMILES string of the molecule is S=C(S)N1CCSC(Cc2ccccc2)C1. The summed E-state index contributed by atoms with van der Waals surface area (Å²) in [7, 11) is 0.